The summed E-state index contributed by atoms with van der Waals surface area (Å²) < 4.78 is 11.1. The molecule has 0 bridgehead atoms. The fourth-order valence-corrected chi connectivity index (χ4v) is 2.28. The lowest BCUT2D eigenvalue weighted by atomic mass is 10.1. The van der Waals surface area contributed by atoms with E-state index in [1.54, 1.807) is 18.2 Å². The molecular formula is C11H10ClNO3. The van der Waals surface area contributed by atoms with Crippen LogP contribution in [0.2, 0.25) is 5.02 Å². The van der Waals surface area contributed by atoms with Crippen LogP contribution in [-0.4, -0.2) is 19.1 Å². The molecule has 1 aromatic carbocycles. The molecule has 5 heteroatoms. The van der Waals surface area contributed by atoms with Gasteiger partial charge in [0.2, 0.25) is 0 Å². The van der Waals surface area contributed by atoms with Crippen molar-refractivity contribution in [2.24, 2.45) is 0 Å². The van der Waals surface area contributed by atoms with E-state index < -0.39 is 5.79 Å². The monoisotopic (exact) mass is 239 g/mol. The van der Waals surface area contributed by atoms with Gasteiger partial charge in [-0.25, -0.2) is 0 Å². The van der Waals surface area contributed by atoms with Crippen molar-refractivity contribution in [3.63, 3.8) is 0 Å². The van der Waals surface area contributed by atoms with Gasteiger partial charge in [0.15, 0.2) is 0 Å². The molecule has 1 spiro atoms. The molecule has 0 aromatic heterocycles. The number of carbonyl (C=O) groups is 1. The van der Waals surface area contributed by atoms with Crippen LogP contribution in [0.5, 0.6) is 0 Å². The molecule has 2 aliphatic heterocycles. The van der Waals surface area contributed by atoms with E-state index in [1.165, 1.54) is 0 Å². The van der Waals surface area contributed by atoms with Crippen molar-refractivity contribution in [1.82, 2.24) is 0 Å². The van der Waals surface area contributed by atoms with Crippen molar-refractivity contribution >= 4 is 23.2 Å². The highest BCUT2D eigenvalue weighted by Gasteiger charge is 2.51. The summed E-state index contributed by atoms with van der Waals surface area (Å²) >= 11 is 6.01. The number of para-hydroxylation sites is 1. The van der Waals surface area contributed by atoms with Gasteiger partial charge in [-0.2, -0.15) is 0 Å². The van der Waals surface area contributed by atoms with E-state index in [-0.39, 0.29) is 5.91 Å². The Kier molecular flexibility index (Phi) is 2.17. The number of halogens is 1. The molecule has 0 aliphatic carbocycles. The van der Waals surface area contributed by atoms with Crippen molar-refractivity contribution in [2.45, 2.75) is 12.2 Å². The van der Waals surface area contributed by atoms with Crippen LogP contribution in [-0.2, 0) is 20.1 Å². The highest BCUT2D eigenvalue weighted by atomic mass is 35.5. The van der Waals surface area contributed by atoms with Gasteiger partial charge < -0.3 is 14.8 Å². The van der Waals surface area contributed by atoms with E-state index in [4.69, 9.17) is 21.1 Å². The maximum Gasteiger partial charge on any atom is 0.289 e. The summed E-state index contributed by atoms with van der Waals surface area (Å²) in [6.07, 6.45) is 0.797. The van der Waals surface area contributed by atoms with Crippen molar-refractivity contribution in [3.8, 4) is 0 Å². The maximum absolute atomic E-state index is 11.9. The number of hydrogen-bond acceptors (Lipinski definition) is 3. The third-order valence-corrected chi connectivity index (χ3v) is 3.12. The number of hydrogen-bond donors (Lipinski definition) is 1. The largest absolute Gasteiger partial charge is 0.338 e. The smallest absolute Gasteiger partial charge is 0.289 e. The van der Waals surface area contributed by atoms with Crippen LogP contribution in [0.1, 0.15) is 12.0 Å². The normalized spacial score (nSPS) is 21.9. The Morgan fingerprint density at radius 3 is 2.81 bits per heavy atom. The highest BCUT2D eigenvalue weighted by molar-refractivity contribution is 6.34. The van der Waals surface area contributed by atoms with E-state index in [0.717, 1.165) is 6.42 Å². The summed E-state index contributed by atoms with van der Waals surface area (Å²) in [6.45, 7) is 1.03. The molecule has 0 radical (unpaired) electrons. The fraction of sp³-hybridized carbons (Fsp3) is 0.364. The molecule has 1 fully saturated rings. The zero-order chi connectivity index (χ0) is 11.2. The summed E-state index contributed by atoms with van der Waals surface area (Å²) in [6, 6.07) is 5.30. The lowest BCUT2D eigenvalue weighted by Gasteiger charge is -2.31. The number of anilines is 1. The maximum atomic E-state index is 11.9. The van der Waals surface area contributed by atoms with Gasteiger partial charge in [0.05, 0.1) is 23.9 Å². The highest BCUT2D eigenvalue weighted by Crippen LogP contribution is 2.44. The summed E-state index contributed by atoms with van der Waals surface area (Å²) in [5, 5.41) is 3.21. The van der Waals surface area contributed by atoms with E-state index in [1.807, 2.05) is 0 Å². The molecule has 1 aromatic rings. The van der Waals surface area contributed by atoms with Crippen molar-refractivity contribution in [1.29, 1.82) is 0 Å². The Morgan fingerprint density at radius 1 is 1.31 bits per heavy atom. The van der Waals surface area contributed by atoms with Crippen LogP contribution < -0.4 is 5.32 Å². The van der Waals surface area contributed by atoms with Crippen molar-refractivity contribution in [3.05, 3.63) is 28.8 Å². The van der Waals surface area contributed by atoms with Crippen LogP contribution in [0.15, 0.2) is 18.2 Å². The first kappa shape index (κ1) is 10.1. The first-order valence-electron chi connectivity index (χ1n) is 5.12. The van der Waals surface area contributed by atoms with Gasteiger partial charge in [0, 0.05) is 5.56 Å². The predicted octanol–water partition coefficient (Wildman–Crippen LogP) is 1.88. The number of ether oxygens (including phenoxy) is 2. The second kappa shape index (κ2) is 3.45. The molecular weight excluding hydrogens is 230 g/mol. The van der Waals surface area contributed by atoms with Crippen molar-refractivity contribution < 1.29 is 14.3 Å². The summed E-state index contributed by atoms with van der Waals surface area (Å²) in [5.74, 6) is -1.58. The molecule has 2 heterocycles. The van der Waals surface area contributed by atoms with E-state index in [2.05, 4.69) is 5.32 Å². The standard InChI is InChI=1S/C11H10ClNO3/c12-8-4-1-3-7-9(8)13-10(14)11(7)15-5-2-6-16-11/h1,3-4H,2,5-6H2,(H,13,14). The third kappa shape index (κ3) is 1.21. The van der Waals surface area contributed by atoms with Gasteiger partial charge in [0.25, 0.3) is 11.7 Å². The first-order chi connectivity index (χ1) is 7.74. The van der Waals surface area contributed by atoms with Gasteiger partial charge in [-0.1, -0.05) is 23.7 Å². The molecule has 2 aliphatic rings. The average Bonchev–Trinajstić information content (AvgIpc) is 2.57. The van der Waals surface area contributed by atoms with Gasteiger partial charge in [0.1, 0.15) is 0 Å². The third-order valence-electron chi connectivity index (χ3n) is 2.80. The molecule has 4 nitrogen and oxygen atoms in total. The molecule has 84 valence electrons. The lowest BCUT2D eigenvalue weighted by Crippen LogP contribution is -2.43. The number of amides is 1. The van der Waals surface area contributed by atoms with E-state index in [9.17, 15) is 4.79 Å². The molecule has 0 saturated carbocycles. The average molecular weight is 240 g/mol. The van der Waals surface area contributed by atoms with Crippen LogP contribution in [0.4, 0.5) is 5.69 Å². The number of nitrogens with one attached hydrogen (secondary N) is 1. The second-order valence-corrected chi connectivity index (χ2v) is 4.19. The molecule has 1 amide bonds. The molecule has 1 saturated heterocycles. The van der Waals surface area contributed by atoms with E-state index >= 15 is 0 Å². The Bertz CT molecular complexity index is 455. The van der Waals surface area contributed by atoms with Gasteiger partial charge >= 0.3 is 0 Å². The van der Waals surface area contributed by atoms with Gasteiger partial charge in [-0.05, 0) is 12.5 Å². The summed E-state index contributed by atoms with van der Waals surface area (Å²) in [5.41, 5.74) is 1.26. The Balaban J connectivity index is 2.15. The molecule has 1 N–H and O–H groups in total. The number of rotatable bonds is 0. The zero-order valence-corrected chi connectivity index (χ0v) is 9.21. The minimum atomic E-state index is -1.28. The SMILES string of the molecule is O=C1Nc2c(Cl)cccc2C12OCCCO2. The Hall–Kier alpha value is -1.10. The summed E-state index contributed by atoms with van der Waals surface area (Å²) in [4.78, 5) is 11.9. The molecule has 0 atom stereocenters. The number of carbonyl (C=O) groups excluding carboxylic acids is 1. The second-order valence-electron chi connectivity index (χ2n) is 3.78. The lowest BCUT2D eigenvalue weighted by molar-refractivity contribution is -0.255. The van der Waals surface area contributed by atoms with Crippen LogP contribution in [0.25, 0.3) is 0 Å². The van der Waals surface area contributed by atoms with Crippen LogP contribution in [0, 0.1) is 0 Å². The summed E-state index contributed by atoms with van der Waals surface area (Å²) in [7, 11) is 0. The minimum absolute atomic E-state index is 0.296. The van der Waals surface area contributed by atoms with Gasteiger partial charge in [-0.15, -0.1) is 0 Å². The fourth-order valence-electron chi connectivity index (χ4n) is 2.06. The number of fused-ring (bicyclic) bond motifs is 2. The molecule has 16 heavy (non-hydrogen) atoms. The molecule has 3 rings (SSSR count). The van der Waals surface area contributed by atoms with Gasteiger partial charge in [-0.3, -0.25) is 4.79 Å². The van der Waals surface area contributed by atoms with Crippen LogP contribution in [0.3, 0.4) is 0 Å². The number of benzene rings is 1. The topological polar surface area (TPSA) is 47.6 Å². The predicted molar refractivity (Wildman–Crippen MR) is 58.3 cm³/mol. The first-order valence-corrected chi connectivity index (χ1v) is 5.50. The zero-order valence-electron chi connectivity index (χ0n) is 8.46. The minimum Gasteiger partial charge on any atom is -0.338 e. The van der Waals surface area contributed by atoms with Crippen LogP contribution >= 0.6 is 11.6 Å². The van der Waals surface area contributed by atoms with E-state index in [0.29, 0.717) is 29.5 Å². The quantitative estimate of drug-likeness (QED) is 0.752. The van der Waals surface area contributed by atoms with Crippen molar-refractivity contribution in [2.75, 3.05) is 18.5 Å². The Labute approximate surface area is 97.5 Å². The molecule has 0 unspecified atom stereocenters. The Morgan fingerprint density at radius 2 is 2.06 bits per heavy atom.